The van der Waals surface area contributed by atoms with Gasteiger partial charge in [0.15, 0.2) is 0 Å². The molecule has 0 heterocycles. The van der Waals surface area contributed by atoms with Crippen molar-refractivity contribution >= 4 is 11.6 Å². The topological polar surface area (TPSA) is 58.4 Å². The SMILES string of the molecule is CCc1cccc(C)c1NC(=O)CN(CCN)CCc1ccccc1. The van der Waals surface area contributed by atoms with Gasteiger partial charge in [-0.25, -0.2) is 0 Å². The highest BCUT2D eigenvalue weighted by Gasteiger charge is 2.13. The van der Waals surface area contributed by atoms with E-state index >= 15 is 0 Å². The van der Waals surface area contributed by atoms with Gasteiger partial charge in [0.2, 0.25) is 5.91 Å². The maximum atomic E-state index is 12.5. The lowest BCUT2D eigenvalue weighted by atomic mass is 10.1. The summed E-state index contributed by atoms with van der Waals surface area (Å²) in [6.45, 7) is 6.58. The molecule has 4 heteroatoms. The minimum absolute atomic E-state index is 0.0190. The Morgan fingerprint density at radius 1 is 1.08 bits per heavy atom. The van der Waals surface area contributed by atoms with E-state index in [0.29, 0.717) is 19.6 Å². The van der Waals surface area contributed by atoms with Crippen LogP contribution in [0.1, 0.15) is 23.6 Å². The van der Waals surface area contributed by atoms with Crippen molar-refractivity contribution in [3.63, 3.8) is 0 Å². The molecule has 134 valence electrons. The van der Waals surface area contributed by atoms with Gasteiger partial charge in [0, 0.05) is 25.3 Å². The lowest BCUT2D eigenvalue weighted by molar-refractivity contribution is -0.117. The lowest BCUT2D eigenvalue weighted by Crippen LogP contribution is -2.38. The number of benzene rings is 2. The van der Waals surface area contributed by atoms with Gasteiger partial charge in [0.25, 0.3) is 0 Å². The molecule has 0 saturated heterocycles. The predicted molar refractivity (Wildman–Crippen MR) is 105 cm³/mol. The molecule has 1 amide bonds. The van der Waals surface area contributed by atoms with Crippen molar-refractivity contribution < 1.29 is 4.79 Å². The van der Waals surface area contributed by atoms with Gasteiger partial charge in [0.1, 0.15) is 0 Å². The number of para-hydroxylation sites is 1. The molecular weight excluding hydrogens is 310 g/mol. The van der Waals surface area contributed by atoms with E-state index in [-0.39, 0.29) is 5.91 Å². The lowest BCUT2D eigenvalue weighted by Gasteiger charge is -2.22. The number of nitrogens with one attached hydrogen (secondary N) is 1. The summed E-state index contributed by atoms with van der Waals surface area (Å²) >= 11 is 0. The van der Waals surface area contributed by atoms with E-state index in [0.717, 1.165) is 30.6 Å². The molecule has 0 spiro atoms. The number of carbonyl (C=O) groups excluding carboxylic acids is 1. The molecule has 2 aromatic carbocycles. The average molecular weight is 339 g/mol. The molecule has 0 aromatic heterocycles. The summed E-state index contributed by atoms with van der Waals surface area (Å²) in [4.78, 5) is 14.7. The van der Waals surface area contributed by atoms with Crippen LogP contribution < -0.4 is 11.1 Å². The Labute approximate surface area is 151 Å². The Morgan fingerprint density at radius 2 is 1.84 bits per heavy atom. The largest absolute Gasteiger partial charge is 0.329 e. The summed E-state index contributed by atoms with van der Waals surface area (Å²) in [6.07, 6.45) is 1.82. The first-order chi connectivity index (χ1) is 12.1. The predicted octanol–water partition coefficient (Wildman–Crippen LogP) is 3.00. The fourth-order valence-electron chi connectivity index (χ4n) is 2.97. The van der Waals surface area contributed by atoms with Crippen LogP contribution in [0.5, 0.6) is 0 Å². The molecule has 2 aromatic rings. The van der Waals surface area contributed by atoms with Crippen LogP contribution in [-0.2, 0) is 17.6 Å². The van der Waals surface area contributed by atoms with Crippen LogP contribution in [0.3, 0.4) is 0 Å². The maximum Gasteiger partial charge on any atom is 0.238 e. The van der Waals surface area contributed by atoms with Crippen molar-refractivity contribution in [1.29, 1.82) is 0 Å². The second-order valence-corrected chi connectivity index (χ2v) is 6.31. The Kier molecular flexibility index (Phi) is 7.64. The van der Waals surface area contributed by atoms with Crippen LogP contribution in [0.2, 0.25) is 0 Å². The highest BCUT2D eigenvalue weighted by molar-refractivity contribution is 5.93. The van der Waals surface area contributed by atoms with E-state index in [1.165, 1.54) is 11.1 Å². The molecule has 0 aliphatic rings. The summed E-state index contributed by atoms with van der Waals surface area (Å²) in [5.74, 6) is 0.0190. The highest BCUT2D eigenvalue weighted by Crippen LogP contribution is 2.21. The molecule has 0 saturated carbocycles. The van der Waals surface area contributed by atoms with Crippen molar-refractivity contribution in [1.82, 2.24) is 4.90 Å². The maximum absolute atomic E-state index is 12.5. The van der Waals surface area contributed by atoms with Crippen LogP contribution in [0.4, 0.5) is 5.69 Å². The number of hydrogen-bond acceptors (Lipinski definition) is 3. The van der Waals surface area contributed by atoms with Crippen LogP contribution in [0.25, 0.3) is 0 Å². The Morgan fingerprint density at radius 3 is 2.52 bits per heavy atom. The molecule has 0 radical (unpaired) electrons. The monoisotopic (exact) mass is 339 g/mol. The van der Waals surface area contributed by atoms with Gasteiger partial charge in [-0.1, -0.05) is 55.5 Å². The van der Waals surface area contributed by atoms with E-state index < -0.39 is 0 Å². The first-order valence-corrected chi connectivity index (χ1v) is 8.98. The molecular formula is C21H29N3O. The normalized spacial score (nSPS) is 10.9. The third-order valence-corrected chi connectivity index (χ3v) is 4.38. The number of amides is 1. The van der Waals surface area contributed by atoms with Crippen molar-refractivity contribution in [3.05, 3.63) is 65.2 Å². The van der Waals surface area contributed by atoms with Crippen LogP contribution >= 0.6 is 0 Å². The quantitative estimate of drug-likeness (QED) is 0.738. The molecule has 0 aliphatic carbocycles. The van der Waals surface area contributed by atoms with Crippen LogP contribution in [0, 0.1) is 6.92 Å². The number of nitrogens with zero attached hydrogens (tertiary/aromatic N) is 1. The fourth-order valence-corrected chi connectivity index (χ4v) is 2.97. The second kappa shape index (κ2) is 9.97. The zero-order valence-electron chi connectivity index (χ0n) is 15.3. The molecule has 0 unspecified atom stereocenters. The van der Waals surface area contributed by atoms with Gasteiger partial charge < -0.3 is 11.1 Å². The highest BCUT2D eigenvalue weighted by atomic mass is 16.2. The zero-order valence-corrected chi connectivity index (χ0v) is 15.3. The Balaban J connectivity index is 1.96. The molecule has 0 fully saturated rings. The summed E-state index contributed by atoms with van der Waals surface area (Å²) in [6, 6.07) is 16.5. The van der Waals surface area contributed by atoms with Crippen molar-refractivity contribution in [3.8, 4) is 0 Å². The summed E-state index contributed by atoms with van der Waals surface area (Å²) in [5.41, 5.74) is 10.2. The van der Waals surface area contributed by atoms with Gasteiger partial charge in [-0.2, -0.15) is 0 Å². The van der Waals surface area contributed by atoms with E-state index in [1.54, 1.807) is 0 Å². The smallest absolute Gasteiger partial charge is 0.238 e. The molecule has 3 N–H and O–H groups in total. The summed E-state index contributed by atoms with van der Waals surface area (Å²) in [7, 11) is 0. The molecule has 4 nitrogen and oxygen atoms in total. The number of hydrogen-bond donors (Lipinski definition) is 2. The molecule has 25 heavy (non-hydrogen) atoms. The standard InChI is InChI=1S/C21H29N3O/c1-3-19-11-7-8-17(2)21(19)23-20(25)16-24(15-13-22)14-12-18-9-5-4-6-10-18/h4-11H,3,12-16,22H2,1-2H3,(H,23,25). The van der Waals surface area contributed by atoms with Crippen molar-refractivity contribution in [2.75, 3.05) is 31.5 Å². The van der Waals surface area contributed by atoms with Gasteiger partial charge in [-0.05, 0) is 36.5 Å². The average Bonchev–Trinajstić information content (AvgIpc) is 2.62. The Bertz CT molecular complexity index is 670. The van der Waals surface area contributed by atoms with Crippen LogP contribution in [-0.4, -0.2) is 37.0 Å². The van der Waals surface area contributed by atoms with Gasteiger partial charge in [0.05, 0.1) is 6.54 Å². The summed E-state index contributed by atoms with van der Waals surface area (Å²) in [5, 5.41) is 3.10. The van der Waals surface area contributed by atoms with E-state index in [4.69, 9.17) is 5.73 Å². The number of rotatable bonds is 9. The first-order valence-electron chi connectivity index (χ1n) is 8.98. The number of nitrogens with two attached hydrogens (primary N) is 1. The van der Waals surface area contributed by atoms with E-state index in [2.05, 4.69) is 35.3 Å². The zero-order chi connectivity index (χ0) is 18.1. The second-order valence-electron chi connectivity index (χ2n) is 6.31. The number of aryl methyl sites for hydroxylation is 2. The third-order valence-electron chi connectivity index (χ3n) is 4.38. The number of carbonyl (C=O) groups is 1. The van der Waals surface area contributed by atoms with E-state index in [1.807, 2.05) is 37.3 Å². The summed E-state index contributed by atoms with van der Waals surface area (Å²) < 4.78 is 0. The first kappa shape index (κ1) is 19.2. The van der Waals surface area contributed by atoms with Gasteiger partial charge >= 0.3 is 0 Å². The minimum atomic E-state index is 0.0190. The fraction of sp³-hybridized carbons (Fsp3) is 0.381. The number of anilines is 1. The van der Waals surface area contributed by atoms with Gasteiger partial charge in [-0.15, -0.1) is 0 Å². The Hall–Kier alpha value is -2.17. The van der Waals surface area contributed by atoms with E-state index in [9.17, 15) is 4.79 Å². The van der Waals surface area contributed by atoms with Gasteiger partial charge in [-0.3, -0.25) is 9.69 Å². The van der Waals surface area contributed by atoms with Crippen molar-refractivity contribution in [2.45, 2.75) is 26.7 Å². The molecule has 2 rings (SSSR count). The molecule has 0 bridgehead atoms. The van der Waals surface area contributed by atoms with Crippen LogP contribution in [0.15, 0.2) is 48.5 Å². The molecule has 0 aliphatic heterocycles. The molecule has 0 atom stereocenters. The van der Waals surface area contributed by atoms with Crippen molar-refractivity contribution in [2.24, 2.45) is 5.73 Å². The minimum Gasteiger partial charge on any atom is -0.329 e. The third kappa shape index (κ3) is 6.00.